The van der Waals surface area contributed by atoms with Crippen LogP contribution in [0.5, 0.6) is 0 Å². The first kappa shape index (κ1) is 24.2. The minimum Gasteiger partial charge on any atom is -0.359 e. The zero-order valence-electron chi connectivity index (χ0n) is 17.0. The van der Waals surface area contributed by atoms with Crippen molar-refractivity contribution in [2.45, 2.75) is 32.6 Å². The standard InChI is InChI=1S/C20H31N5O2.HI/c1-15(26)24-18-6-4-16(5-7-18)8-11-23-20(22-3)25-12-9-17(10-13-25)14-19(27)21-2;/h4-7,17H,8-14H2,1-3H3,(H,21,27)(H,22,23)(H,24,26);1H. The van der Waals surface area contributed by atoms with Crippen LogP contribution in [0.1, 0.15) is 31.7 Å². The van der Waals surface area contributed by atoms with E-state index in [1.165, 1.54) is 12.5 Å². The first-order chi connectivity index (χ1) is 13.0. The molecule has 1 saturated heterocycles. The molecule has 3 N–H and O–H groups in total. The Morgan fingerprint density at radius 1 is 1.18 bits per heavy atom. The lowest BCUT2D eigenvalue weighted by Crippen LogP contribution is -2.46. The average Bonchev–Trinajstić information content (AvgIpc) is 2.67. The van der Waals surface area contributed by atoms with Crippen LogP contribution in [0.4, 0.5) is 5.69 Å². The Balaban J connectivity index is 0.00000392. The highest BCUT2D eigenvalue weighted by atomic mass is 127. The summed E-state index contributed by atoms with van der Waals surface area (Å²) in [5.74, 6) is 1.44. The smallest absolute Gasteiger partial charge is 0.221 e. The SMILES string of the molecule is CN=C(NCCc1ccc(NC(C)=O)cc1)N1CCC(CC(=O)NC)CC1.I. The maximum absolute atomic E-state index is 11.5. The summed E-state index contributed by atoms with van der Waals surface area (Å²) in [6.45, 7) is 4.15. The third-order valence-corrected chi connectivity index (χ3v) is 4.85. The highest BCUT2D eigenvalue weighted by Crippen LogP contribution is 2.20. The molecule has 0 aliphatic carbocycles. The van der Waals surface area contributed by atoms with Crippen LogP contribution in [0.2, 0.25) is 0 Å². The van der Waals surface area contributed by atoms with Crippen molar-refractivity contribution in [3.63, 3.8) is 0 Å². The number of nitrogens with zero attached hydrogens (tertiary/aromatic N) is 2. The van der Waals surface area contributed by atoms with Crippen molar-refractivity contribution in [1.82, 2.24) is 15.5 Å². The number of benzene rings is 1. The van der Waals surface area contributed by atoms with Gasteiger partial charge in [0.2, 0.25) is 11.8 Å². The molecule has 1 aliphatic rings. The molecule has 1 heterocycles. The number of hydrogen-bond acceptors (Lipinski definition) is 3. The topological polar surface area (TPSA) is 85.8 Å². The monoisotopic (exact) mass is 501 g/mol. The van der Waals surface area contributed by atoms with Crippen LogP contribution < -0.4 is 16.0 Å². The molecular formula is C20H32IN5O2. The van der Waals surface area contributed by atoms with E-state index in [0.29, 0.717) is 12.3 Å². The van der Waals surface area contributed by atoms with Gasteiger partial charge in [0, 0.05) is 52.8 Å². The van der Waals surface area contributed by atoms with Crippen molar-refractivity contribution in [2.24, 2.45) is 10.9 Å². The van der Waals surface area contributed by atoms with E-state index in [2.05, 4.69) is 25.8 Å². The first-order valence-electron chi connectivity index (χ1n) is 9.54. The summed E-state index contributed by atoms with van der Waals surface area (Å²) >= 11 is 0. The number of amides is 2. The first-order valence-corrected chi connectivity index (χ1v) is 9.54. The zero-order chi connectivity index (χ0) is 19.6. The fraction of sp³-hybridized carbons (Fsp3) is 0.550. The molecule has 1 aromatic rings. The van der Waals surface area contributed by atoms with Crippen LogP contribution in [0, 0.1) is 5.92 Å². The second-order valence-corrected chi connectivity index (χ2v) is 6.91. The van der Waals surface area contributed by atoms with Crippen molar-refractivity contribution in [1.29, 1.82) is 0 Å². The molecule has 2 amide bonds. The van der Waals surface area contributed by atoms with Gasteiger partial charge < -0.3 is 20.9 Å². The Morgan fingerprint density at radius 3 is 2.36 bits per heavy atom. The van der Waals surface area contributed by atoms with E-state index < -0.39 is 0 Å². The Bertz CT molecular complexity index is 655. The predicted octanol–water partition coefficient (Wildman–Crippen LogP) is 2.23. The van der Waals surface area contributed by atoms with Crippen molar-refractivity contribution < 1.29 is 9.59 Å². The molecule has 0 radical (unpaired) electrons. The van der Waals surface area contributed by atoms with Crippen molar-refractivity contribution in [3.05, 3.63) is 29.8 Å². The largest absolute Gasteiger partial charge is 0.359 e. The van der Waals surface area contributed by atoms with E-state index in [-0.39, 0.29) is 35.8 Å². The molecule has 1 fully saturated rings. The van der Waals surface area contributed by atoms with Crippen LogP contribution in [-0.4, -0.2) is 56.4 Å². The van der Waals surface area contributed by atoms with E-state index >= 15 is 0 Å². The quantitative estimate of drug-likeness (QED) is 0.317. The summed E-state index contributed by atoms with van der Waals surface area (Å²) in [6, 6.07) is 7.89. The highest BCUT2D eigenvalue weighted by Gasteiger charge is 2.22. The highest BCUT2D eigenvalue weighted by molar-refractivity contribution is 14.0. The number of anilines is 1. The normalized spacial score (nSPS) is 14.8. The summed E-state index contributed by atoms with van der Waals surface area (Å²) in [4.78, 5) is 29.2. The van der Waals surface area contributed by atoms with Gasteiger partial charge in [-0.2, -0.15) is 0 Å². The molecule has 156 valence electrons. The summed E-state index contributed by atoms with van der Waals surface area (Å²) in [6.07, 6.45) is 3.52. The number of carbonyl (C=O) groups excluding carboxylic acids is 2. The number of aliphatic imine (C=N–C) groups is 1. The van der Waals surface area contributed by atoms with Crippen molar-refractivity contribution in [3.8, 4) is 0 Å². The van der Waals surface area contributed by atoms with Crippen LogP contribution >= 0.6 is 24.0 Å². The fourth-order valence-electron chi connectivity index (χ4n) is 3.32. The van der Waals surface area contributed by atoms with Crippen LogP contribution in [0.3, 0.4) is 0 Å². The molecule has 0 unspecified atom stereocenters. The number of carbonyl (C=O) groups is 2. The number of guanidine groups is 1. The van der Waals surface area contributed by atoms with Gasteiger partial charge >= 0.3 is 0 Å². The number of halogens is 1. The van der Waals surface area contributed by atoms with Crippen LogP contribution in [-0.2, 0) is 16.0 Å². The van der Waals surface area contributed by atoms with E-state index in [0.717, 1.165) is 50.5 Å². The van der Waals surface area contributed by atoms with Gasteiger partial charge in [-0.05, 0) is 42.9 Å². The minimum atomic E-state index is -0.0627. The molecule has 7 nitrogen and oxygen atoms in total. The van der Waals surface area contributed by atoms with E-state index in [9.17, 15) is 9.59 Å². The maximum Gasteiger partial charge on any atom is 0.221 e. The van der Waals surface area contributed by atoms with E-state index in [4.69, 9.17) is 0 Å². The average molecular weight is 501 g/mol. The summed E-state index contributed by atoms with van der Waals surface area (Å²) < 4.78 is 0. The van der Waals surface area contributed by atoms with Crippen molar-refractivity contribution in [2.75, 3.05) is 39.0 Å². The zero-order valence-corrected chi connectivity index (χ0v) is 19.3. The molecule has 8 heteroatoms. The number of nitrogens with one attached hydrogen (secondary N) is 3. The van der Waals surface area contributed by atoms with Gasteiger partial charge in [-0.1, -0.05) is 12.1 Å². The van der Waals surface area contributed by atoms with E-state index in [1.807, 2.05) is 24.3 Å². The predicted molar refractivity (Wildman–Crippen MR) is 124 cm³/mol. The maximum atomic E-state index is 11.5. The molecule has 2 rings (SSSR count). The molecule has 0 spiro atoms. The van der Waals surface area contributed by atoms with Gasteiger partial charge in [0.1, 0.15) is 0 Å². The molecular weight excluding hydrogens is 469 g/mol. The number of likely N-dealkylation sites (tertiary alicyclic amines) is 1. The lowest BCUT2D eigenvalue weighted by Gasteiger charge is -2.34. The van der Waals surface area contributed by atoms with Crippen LogP contribution in [0.25, 0.3) is 0 Å². The second kappa shape index (κ2) is 12.6. The third-order valence-electron chi connectivity index (χ3n) is 4.85. The summed E-state index contributed by atoms with van der Waals surface area (Å²) in [7, 11) is 3.50. The Hall–Kier alpha value is -1.84. The van der Waals surface area contributed by atoms with E-state index in [1.54, 1.807) is 14.1 Å². The van der Waals surface area contributed by atoms with Gasteiger partial charge in [-0.25, -0.2) is 0 Å². The Kier molecular flexibility index (Phi) is 10.9. The third kappa shape index (κ3) is 8.04. The number of hydrogen-bond donors (Lipinski definition) is 3. The lowest BCUT2D eigenvalue weighted by atomic mass is 9.93. The molecule has 1 aromatic carbocycles. The molecule has 0 aromatic heterocycles. The minimum absolute atomic E-state index is 0. The van der Waals surface area contributed by atoms with Gasteiger partial charge in [0.05, 0.1) is 0 Å². The Labute approximate surface area is 184 Å². The number of piperidine rings is 1. The molecule has 0 atom stereocenters. The molecule has 0 saturated carbocycles. The molecule has 28 heavy (non-hydrogen) atoms. The molecule has 0 bridgehead atoms. The van der Waals surface area contributed by atoms with Crippen LogP contribution in [0.15, 0.2) is 29.3 Å². The summed E-state index contributed by atoms with van der Waals surface area (Å²) in [5, 5.41) is 8.90. The Morgan fingerprint density at radius 2 is 1.82 bits per heavy atom. The summed E-state index contributed by atoms with van der Waals surface area (Å²) in [5.41, 5.74) is 2.02. The van der Waals surface area contributed by atoms with Gasteiger partial charge in [0.25, 0.3) is 0 Å². The van der Waals surface area contributed by atoms with Gasteiger partial charge in [0.15, 0.2) is 5.96 Å². The van der Waals surface area contributed by atoms with Gasteiger partial charge in [-0.15, -0.1) is 24.0 Å². The lowest BCUT2D eigenvalue weighted by molar-refractivity contribution is -0.121. The molecule has 1 aliphatic heterocycles. The second-order valence-electron chi connectivity index (χ2n) is 6.91. The van der Waals surface area contributed by atoms with Crippen molar-refractivity contribution >= 4 is 47.4 Å². The fourth-order valence-corrected chi connectivity index (χ4v) is 3.32. The van der Waals surface area contributed by atoms with Gasteiger partial charge in [-0.3, -0.25) is 14.6 Å². The number of rotatable bonds is 6.